The third kappa shape index (κ3) is 5.01. The lowest BCUT2D eigenvalue weighted by molar-refractivity contribution is -0.167. The number of carbonyl (C=O) groups excluding carboxylic acids is 2. The van der Waals surface area contributed by atoms with Crippen molar-refractivity contribution in [3.05, 3.63) is 46.6 Å². The van der Waals surface area contributed by atoms with E-state index in [9.17, 15) is 22.8 Å². The summed E-state index contributed by atoms with van der Waals surface area (Å²) in [7, 11) is 0. The highest BCUT2D eigenvalue weighted by Gasteiger charge is 2.44. The number of amides is 2. The fourth-order valence-corrected chi connectivity index (χ4v) is 4.89. The SMILES string of the molecule is Cc1cc(CN2CCCC23CCN(C(=O)n2ccc(NC(=O)C(F)(F)F)n2)CC3)ccc1Cl. The van der Waals surface area contributed by atoms with Gasteiger partial charge in [-0.15, -0.1) is 5.10 Å². The molecule has 1 N–H and O–H groups in total. The lowest BCUT2D eigenvalue weighted by Gasteiger charge is -2.45. The first-order chi connectivity index (χ1) is 15.6. The van der Waals surface area contributed by atoms with E-state index in [2.05, 4.69) is 16.1 Å². The van der Waals surface area contributed by atoms with E-state index in [1.807, 2.05) is 19.1 Å². The summed E-state index contributed by atoms with van der Waals surface area (Å²) in [4.78, 5) is 28.0. The summed E-state index contributed by atoms with van der Waals surface area (Å²) in [5, 5.41) is 6.19. The molecular formula is C22H25ClF3N5O2. The quantitative estimate of drug-likeness (QED) is 0.700. The molecule has 3 heterocycles. The molecule has 2 aliphatic rings. The maximum atomic E-state index is 12.8. The number of carbonyl (C=O) groups is 2. The van der Waals surface area contributed by atoms with Crippen LogP contribution in [0.1, 0.15) is 36.8 Å². The molecule has 0 atom stereocenters. The second kappa shape index (κ2) is 8.98. The van der Waals surface area contributed by atoms with E-state index in [-0.39, 0.29) is 11.4 Å². The number of nitrogens with zero attached hydrogens (tertiary/aromatic N) is 4. The summed E-state index contributed by atoms with van der Waals surface area (Å²) in [6.07, 6.45) is 0.0176. The fraction of sp³-hybridized carbons (Fsp3) is 0.500. The van der Waals surface area contributed by atoms with E-state index in [4.69, 9.17) is 11.6 Å². The average molecular weight is 484 g/mol. The molecule has 0 radical (unpaired) electrons. The molecule has 1 aromatic carbocycles. The van der Waals surface area contributed by atoms with E-state index in [1.165, 1.54) is 17.8 Å². The number of benzene rings is 1. The zero-order valence-corrected chi connectivity index (χ0v) is 18.9. The molecule has 4 rings (SSSR count). The number of aromatic nitrogens is 2. The highest BCUT2D eigenvalue weighted by atomic mass is 35.5. The van der Waals surface area contributed by atoms with Crippen molar-refractivity contribution in [3.8, 4) is 0 Å². The number of likely N-dealkylation sites (tertiary alicyclic amines) is 2. The number of nitrogens with one attached hydrogen (secondary N) is 1. The van der Waals surface area contributed by atoms with E-state index >= 15 is 0 Å². The van der Waals surface area contributed by atoms with E-state index in [0.29, 0.717) is 13.1 Å². The van der Waals surface area contributed by atoms with Crippen LogP contribution in [0.5, 0.6) is 0 Å². The molecule has 7 nitrogen and oxygen atoms in total. The minimum atomic E-state index is -5.02. The topological polar surface area (TPSA) is 70.5 Å². The van der Waals surface area contributed by atoms with Crippen molar-refractivity contribution in [2.24, 2.45) is 0 Å². The molecule has 2 aromatic rings. The van der Waals surface area contributed by atoms with Crippen molar-refractivity contribution in [2.45, 2.75) is 50.9 Å². The molecule has 11 heteroatoms. The molecular weight excluding hydrogens is 459 g/mol. The van der Waals surface area contributed by atoms with Crippen LogP contribution in [0.25, 0.3) is 0 Å². The standard InChI is InChI=1S/C22H25ClF3N5O2/c1-15-13-16(3-4-17(15)23)14-30-9-2-6-21(30)7-11-29(12-8-21)20(33)31-10-5-18(28-31)27-19(32)22(24,25)26/h3-5,10,13H,2,6-9,11-12,14H2,1H3,(H,27,28,32). The van der Waals surface area contributed by atoms with Crippen LogP contribution in [-0.4, -0.2) is 62.9 Å². The molecule has 2 amide bonds. The molecule has 2 saturated heterocycles. The summed E-state index contributed by atoms with van der Waals surface area (Å²) in [6, 6.07) is 6.83. The molecule has 0 unspecified atom stereocenters. The van der Waals surface area contributed by atoms with Crippen molar-refractivity contribution in [2.75, 3.05) is 25.0 Å². The first kappa shape index (κ1) is 23.6. The van der Waals surface area contributed by atoms with E-state index in [1.54, 1.807) is 10.2 Å². The maximum absolute atomic E-state index is 12.8. The number of hydrogen-bond acceptors (Lipinski definition) is 4. The minimum Gasteiger partial charge on any atom is -0.323 e. The second-order valence-electron chi connectivity index (χ2n) is 8.70. The van der Waals surface area contributed by atoms with Crippen LogP contribution < -0.4 is 5.32 Å². The average Bonchev–Trinajstić information content (AvgIpc) is 3.38. The van der Waals surface area contributed by atoms with Crippen molar-refractivity contribution >= 4 is 29.4 Å². The van der Waals surface area contributed by atoms with Gasteiger partial charge in [-0.1, -0.05) is 23.7 Å². The van der Waals surface area contributed by atoms with Crippen LogP contribution in [0.2, 0.25) is 5.02 Å². The highest BCUT2D eigenvalue weighted by molar-refractivity contribution is 6.31. The summed E-state index contributed by atoms with van der Waals surface area (Å²) in [5.41, 5.74) is 2.29. The molecule has 0 aliphatic carbocycles. The highest BCUT2D eigenvalue weighted by Crippen LogP contribution is 2.39. The Bertz CT molecular complexity index is 1050. The Balaban J connectivity index is 1.37. The van der Waals surface area contributed by atoms with Crippen LogP contribution in [0.15, 0.2) is 30.5 Å². The van der Waals surface area contributed by atoms with Crippen LogP contribution in [0.4, 0.5) is 23.8 Å². The predicted octanol–water partition coefficient (Wildman–Crippen LogP) is 4.44. The van der Waals surface area contributed by atoms with Gasteiger partial charge in [-0.3, -0.25) is 9.69 Å². The van der Waals surface area contributed by atoms with Gasteiger partial charge in [-0.25, -0.2) is 4.79 Å². The molecule has 0 saturated carbocycles. The zero-order chi connectivity index (χ0) is 23.8. The number of hydrogen-bond donors (Lipinski definition) is 1. The van der Waals surface area contributed by atoms with Gasteiger partial charge in [-0.2, -0.15) is 17.9 Å². The fourth-order valence-electron chi connectivity index (χ4n) is 4.78. The number of anilines is 1. The van der Waals surface area contributed by atoms with Gasteiger partial charge < -0.3 is 10.2 Å². The Labute approximate surface area is 194 Å². The van der Waals surface area contributed by atoms with Crippen molar-refractivity contribution in [1.82, 2.24) is 19.6 Å². The molecule has 2 aliphatic heterocycles. The molecule has 178 valence electrons. The van der Waals surface area contributed by atoms with Gasteiger partial charge >= 0.3 is 18.1 Å². The molecule has 1 spiro atoms. The molecule has 0 bridgehead atoms. The maximum Gasteiger partial charge on any atom is 0.471 e. The normalized spacial score (nSPS) is 18.6. The smallest absolute Gasteiger partial charge is 0.323 e. The van der Waals surface area contributed by atoms with E-state index < -0.39 is 18.1 Å². The molecule has 1 aromatic heterocycles. The van der Waals surface area contributed by atoms with Crippen LogP contribution >= 0.6 is 11.6 Å². The number of rotatable bonds is 3. The van der Waals surface area contributed by atoms with Gasteiger partial charge in [0.25, 0.3) is 0 Å². The lowest BCUT2D eigenvalue weighted by atomic mass is 9.84. The first-order valence-electron chi connectivity index (χ1n) is 10.8. The van der Waals surface area contributed by atoms with Gasteiger partial charge in [-0.05, 0) is 56.3 Å². The Hall–Kier alpha value is -2.59. The Morgan fingerprint density at radius 2 is 1.88 bits per heavy atom. The third-order valence-corrected chi connectivity index (χ3v) is 7.01. The first-order valence-corrected chi connectivity index (χ1v) is 11.2. The van der Waals surface area contributed by atoms with Gasteiger partial charge in [0.1, 0.15) is 0 Å². The van der Waals surface area contributed by atoms with Crippen molar-refractivity contribution in [1.29, 1.82) is 0 Å². The number of halogens is 4. The van der Waals surface area contributed by atoms with Crippen molar-refractivity contribution < 1.29 is 22.8 Å². The number of aryl methyl sites for hydroxylation is 1. The lowest BCUT2D eigenvalue weighted by Crippen LogP contribution is -2.53. The van der Waals surface area contributed by atoms with Crippen LogP contribution in [-0.2, 0) is 11.3 Å². The van der Waals surface area contributed by atoms with Crippen LogP contribution in [0.3, 0.4) is 0 Å². The summed E-state index contributed by atoms with van der Waals surface area (Å²) in [5.74, 6) is -2.45. The van der Waals surface area contributed by atoms with E-state index in [0.717, 1.165) is 54.0 Å². The predicted molar refractivity (Wildman–Crippen MR) is 117 cm³/mol. The van der Waals surface area contributed by atoms with Gasteiger partial charge in [0.2, 0.25) is 0 Å². The summed E-state index contributed by atoms with van der Waals surface area (Å²) < 4.78 is 38.2. The second-order valence-corrected chi connectivity index (χ2v) is 9.11. The Morgan fingerprint density at radius 1 is 1.15 bits per heavy atom. The van der Waals surface area contributed by atoms with Gasteiger partial charge in [0, 0.05) is 42.5 Å². The number of alkyl halides is 3. The summed E-state index contributed by atoms with van der Waals surface area (Å²) >= 11 is 6.15. The number of piperidine rings is 1. The Morgan fingerprint density at radius 3 is 2.55 bits per heavy atom. The minimum absolute atomic E-state index is 0.0281. The summed E-state index contributed by atoms with van der Waals surface area (Å²) in [6.45, 7) is 4.87. The zero-order valence-electron chi connectivity index (χ0n) is 18.2. The molecule has 33 heavy (non-hydrogen) atoms. The largest absolute Gasteiger partial charge is 0.471 e. The van der Waals surface area contributed by atoms with Gasteiger partial charge in [0.15, 0.2) is 5.82 Å². The van der Waals surface area contributed by atoms with Crippen LogP contribution in [0, 0.1) is 6.92 Å². The Kier molecular flexibility index (Phi) is 6.41. The monoisotopic (exact) mass is 483 g/mol. The van der Waals surface area contributed by atoms with Crippen molar-refractivity contribution in [3.63, 3.8) is 0 Å². The third-order valence-electron chi connectivity index (χ3n) is 6.59. The van der Waals surface area contributed by atoms with Gasteiger partial charge in [0.05, 0.1) is 0 Å². The molecule has 2 fully saturated rings.